The predicted molar refractivity (Wildman–Crippen MR) is 105 cm³/mol. The summed E-state index contributed by atoms with van der Waals surface area (Å²) in [5, 5.41) is 5.70. The first-order valence-electron chi connectivity index (χ1n) is 8.37. The van der Waals surface area contributed by atoms with E-state index in [0.29, 0.717) is 22.7 Å². The molecule has 0 bridgehead atoms. The molecular formula is C21H19N3O3. The van der Waals surface area contributed by atoms with Crippen LogP contribution in [0.4, 0.5) is 11.4 Å². The molecule has 0 aliphatic heterocycles. The Kier molecular flexibility index (Phi) is 5.69. The molecule has 0 saturated heterocycles. The highest BCUT2D eigenvalue weighted by molar-refractivity contribution is 6.00. The molecule has 6 heteroatoms. The van der Waals surface area contributed by atoms with E-state index in [-0.39, 0.29) is 12.5 Å². The highest BCUT2D eigenvalue weighted by Gasteiger charge is 2.09. The van der Waals surface area contributed by atoms with Crippen molar-refractivity contribution in [3.05, 3.63) is 84.4 Å². The van der Waals surface area contributed by atoms with Crippen LogP contribution in [-0.4, -0.2) is 18.4 Å². The summed E-state index contributed by atoms with van der Waals surface area (Å²) in [6.07, 6.45) is 0. The molecule has 0 aliphatic carbocycles. The zero-order valence-corrected chi connectivity index (χ0v) is 14.5. The SMILES string of the molecule is NC(=O)c1ccccc1NCC(=O)Nc1ccc(Oc2ccccc2)cc1. The van der Waals surface area contributed by atoms with Crippen LogP contribution in [0.1, 0.15) is 10.4 Å². The van der Waals surface area contributed by atoms with Gasteiger partial charge in [-0.05, 0) is 48.5 Å². The fourth-order valence-electron chi connectivity index (χ4n) is 2.46. The molecule has 136 valence electrons. The van der Waals surface area contributed by atoms with Crippen molar-refractivity contribution < 1.29 is 14.3 Å². The Morgan fingerprint density at radius 3 is 2.15 bits per heavy atom. The Balaban J connectivity index is 1.54. The highest BCUT2D eigenvalue weighted by Crippen LogP contribution is 2.22. The molecule has 2 amide bonds. The Hall–Kier alpha value is -3.80. The maximum atomic E-state index is 12.1. The topological polar surface area (TPSA) is 93.5 Å². The maximum absolute atomic E-state index is 12.1. The number of hydrogen-bond acceptors (Lipinski definition) is 4. The molecule has 0 heterocycles. The molecule has 0 radical (unpaired) electrons. The highest BCUT2D eigenvalue weighted by atomic mass is 16.5. The molecule has 0 unspecified atom stereocenters. The summed E-state index contributed by atoms with van der Waals surface area (Å²) in [4.78, 5) is 23.5. The van der Waals surface area contributed by atoms with E-state index in [1.165, 1.54) is 0 Å². The monoisotopic (exact) mass is 361 g/mol. The number of nitrogens with one attached hydrogen (secondary N) is 2. The van der Waals surface area contributed by atoms with Crippen LogP contribution in [0, 0.1) is 0 Å². The molecular weight excluding hydrogens is 342 g/mol. The van der Waals surface area contributed by atoms with Crippen molar-refractivity contribution in [1.29, 1.82) is 0 Å². The Labute approximate surface area is 157 Å². The lowest BCUT2D eigenvalue weighted by atomic mass is 10.1. The molecule has 4 N–H and O–H groups in total. The standard InChI is InChI=1S/C21H19N3O3/c22-21(26)18-8-4-5-9-19(18)23-14-20(25)24-15-10-12-17(13-11-15)27-16-6-2-1-3-7-16/h1-13,23H,14H2,(H2,22,26)(H,24,25). The maximum Gasteiger partial charge on any atom is 0.250 e. The zero-order valence-electron chi connectivity index (χ0n) is 14.5. The Morgan fingerprint density at radius 2 is 1.44 bits per heavy atom. The minimum absolute atomic E-state index is 0.00651. The molecule has 0 fully saturated rings. The molecule has 3 aromatic rings. The molecule has 3 rings (SSSR count). The molecule has 0 atom stereocenters. The number of carbonyl (C=O) groups excluding carboxylic acids is 2. The number of hydrogen-bond donors (Lipinski definition) is 3. The van der Waals surface area contributed by atoms with Crippen LogP contribution in [0.15, 0.2) is 78.9 Å². The summed E-state index contributed by atoms with van der Waals surface area (Å²) in [6.45, 7) is 0.00651. The summed E-state index contributed by atoms with van der Waals surface area (Å²) in [5.41, 5.74) is 6.83. The smallest absolute Gasteiger partial charge is 0.250 e. The average molecular weight is 361 g/mol. The van der Waals surface area contributed by atoms with Gasteiger partial charge in [0.1, 0.15) is 11.5 Å². The van der Waals surface area contributed by atoms with Crippen LogP contribution in [0.5, 0.6) is 11.5 Å². The number of amides is 2. The second kappa shape index (κ2) is 8.53. The number of nitrogens with two attached hydrogens (primary N) is 1. The van der Waals surface area contributed by atoms with Gasteiger partial charge in [0.05, 0.1) is 12.1 Å². The molecule has 3 aromatic carbocycles. The zero-order chi connectivity index (χ0) is 19.1. The lowest BCUT2D eigenvalue weighted by Gasteiger charge is -2.11. The number of benzene rings is 3. The first-order chi connectivity index (χ1) is 13.1. The number of ether oxygens (including phenoxy) is 1. The number of carbonyl (C=O) groups is 2. The Morgan fingerprint density at radius 1 is 0.815 bits per heavy atom. The summed E-state index contributed by atoms with van der Waals surface area (Å²) < 4.78 is 5.71. The van der Waals surface area contributed by atoms with Crippen molar-refractivity contribution in [2.75, 3.05) is 17.2 Å². The molecule has 0 saturated carbocycles. The van der Waals surface area contributed by atoms with Crippen molar-refractivity contribution >= 4 is 23.2 Å². The summed E-state index contributed by atoms with van der Waals surface area (Å²) in [6, 6.07) is 23.3. The fraction of sp³-hybridized carbons (Fsp3) is 0.0476. The fourth-order valence-corrected chi connectivity index (χ4v) is 2.46. The van der Waals surface area contributed by atoms with Gasteiger partial charge in [-0.15, -0.1) is 0 Å². The van der Waals surface area contributed by atoms with Gasteiger partial charge in [0.2, 0.25) is 5.91 Å². The van der Waals surface area contributed by atoms with Crippen LogP contribution in [0.3, 0.4) is 0 Å². The first-order valence-corrected chi connectivity index (χ1v) is 8.37. The van der Waals surface area contributed by atoms with Gasteiger partial charge in [0.15, 0.2) is 0 Å². The largest absolute Gasteiger partial charge is 0.457 e. The normalized spacial score (nSPS) is 10.1. The van der Waals surface area contributed by atoms with Crippen molar-refractivity contribution in [1.82, 2.24) is 0 Å². The summed E-state index contributed by atoms with van der Waals surface area (Å²) in [7, 11) is 0. The van der Waals surface area contributed by atoms with E-state index in [4.69, 9.17) is 10.5 Å². The Bertz CT molecular complexity index is 925. The second-order valence-electron chi connectivity index (χ2n) is 5.75. The van der Waals surface area contributed by atoms with Crippen LogP contribution in [0.2, 0.25) is 0 Å². The van der Waals surface area contributed by atoms with Crippen molar-refractivity contribution in [3.63, 3.8) is 0 Å². The van der Waals surface area contributed by atoms with Gasteiger partial charge >= 0.3 is 0 Å². The average Bonchev–Trinajstić information content (AvgIpc) is 2.69. The van der Waals surface area contributed by atoms with Gasteiger partial charge < -0.3 is 21.1 Å². The van der Waals surface area contributed by atoms with Crippen LogP contribution >= 0.6 is 0 Å². The minimum Gasteiger partial charge on any atom is -0.457 e. The summed E-state index contributed by atoms with van der Waals surface area (Å²) >= 11 is 0. The van der Waals surface area contributed by atoms with E-state index in [1.807, 2.05) is 30.3 Å². The molecule has 0 spiro atoms. The van der Waals surface area contributed by atoms with Gasteiger partial charge in [0.25, 0.3) is 5.91 Å². The lowest BCUT2D eigenvalue weighted by Crippen LogP contribution is -2.23. The van der Waals surface area contributed by atoms with Gasteiger partial charge in [-0.2, -0.15) is 0 Å². The van der Waals surface area contributed by atoms with E-state index in [9.17, 15) is 9.59 Å². The lowest BCUT2D eigenvalue weighted by molar-refractivity contribution is -0.114. The number of anilines is 2. The van der Waals surface area contributed by atoms with Crippen molar-refractivity contribution in [2.45, 2.75) is 0 Å². The van der Waals surface area contributed by atoms with Crippen molar-refractivity contribution in [2.24, 2.45) is 5.73 Å². The van der Waals surface area contributed by atoms with E-state index >= 15 is 0 Å². The third-order valence-corrected chi connectivity index (χ3v) is 3.75. The van der Waals surface area contributed by atoms with Gasteiger partial charge in [-0.3, -0.25) is 9.59 Å². The van der Waals surface area contributed by atoms with Crippen LogP contribution in [0.25, 0.3) is 0 Å². The van der Waals surface area contributed by atoms with Gasteiger partial charge in [-0.1, -0.05) is 30.3 Å². The number of para-hydroxylation sites is 2. The van der Waals surface area contributed by atoms with Crippen molar-refractivity contribution in [3.8, 4) is 11.5 Å². The quantitative estimate of drug-likeness (QED) is 0.599. The summed E-state index contributed by atoms with van der Waals surface area (Å²) in [5.74, 6) is 0.623. The van der Waals surface area contributed by atoms with E-state index in [2.05, 4.69) is 10.6 Å². The van der Waals surface area contributed by atoms with Crippen LogP contribution in [-0.2, 0) is 4.79 Å². The third kappa shape index (κ3) is 5.09. The molecule has 0 aromatic heterocycles. The van der Waals surface area contributed by atoms with Gasteiger partial charge in [-0.25, -0.2) is 0 Å². The molecule has 27 heavy (non-hydrogen) atoms. The minimum atomic E-state index is -0.549. The van der Waals surface area contributed by atoms with E-state index in [1.54, 1.807) is 48.5 Å². The first kappa shape index (κ1) is 18.0. The number of primary amides is 1. The molecule has 6 nitrogen and oxygen atoms in total. The third-order valence-electron chi connectivity index (χ3n) is 3.75. The number of rotatable bonds is 7. The predicted octanol–water partition coefficient (Wildman–Crippen LogP) is 3.63. The van der Waals surface area contributed by atoms with Gasteiger partial charge in [0, 0.05) is 11.4 Å². The van der Waals surface area contributed by atoms with E-state index < -0.39 is 5.91 Å². The van der Waals surface area contributed by atoms with Crippen LogP contribution < -0.4 is 21.1 Å². The molecule has 0 aliphatic rings. The second-order valence-corrected chi connectivity index (χ2v) is 5.75. The van der Waals surface area contributed by atoms with E-state index in [0.717, 1.165) is 5.75 Å².